The molecule has 1 aliphatic heterocycles. The molecule has 31 heavy (non-hydrogen) atoms. The zero-order valence-corrected chi connectivity index (χ0v) is 18.0. The molecular weight excluding hydrogens is 417 g/mol. The number of carbonyl (C=O) groups excluding carboxylic acids is 2. The minimum Gasteiger partial charge on any atom is -0.507 e. The van der Waals surface area contributed by atoms with Crippen LogP contribution in [0, 0.1) is 19.7 Å². The van der Waals surface area contributed by atoms with Gasteiger partial charge in [-0.1, -0.05) is 18.2 Å². The second kappa shape index (κ2) is 8.00. The van der Waals surface area contributed by atoms with Crippen LogP contribution < -0.4 is 9.64 Å². The molecule has 1 amide bonds. The van der Waals surface area contributed by atoms with E-state index in [1.54, 1.807) is 24.3 Å². The van der Waals surface area contributed by atoms with E-state index in [2.05, 4.69) is 0 Å². The number of rotatable bonds is 4. The van der Waals surface area contributed by atoms with Crippen molar-refractivity contribution >= 4 is 34.5 Å². The first-order valence-electron chi connectivity index (χ1n) is 9.59. The third kappa shape index (κ3) is 3.51. The van der Waals surface area contributed by atoms with Crippen molar-refractivity contribution in [3.8, 4) is 5.75 Å². The Balaban J connectivity index is 1.99. The average Bonchev–Trinajstić information content (AvgIpc) is 3.34. The SMILES string of the molecule is COc1c(C)cc(C)cc1/C(O)=C1/C(=O)C(=O)N(c2cccc(F)c2)C1c1cccs1. The van der Waals surface area contributed by atoms with Crippen LogP contribution in [0.25, 0.3) is 5.76 Å². The van der Waals surface area contributed by atoms with Gasteiger partial charge in [-0.3, -0.25) is 14.5 Å². The number of methoxy groups -OCH3 is 1. The lowest BCUT2D eigenvalue weighted by molar-refractivity contribution is -0.132. The standard InChI is InChI=1S/C24H20FNO4S/c1-13-10-14(2)23(30-3)17(11-13)21(27)19-20(18-8-5-9-31-18)26(24(29)22(19)28)16-7-4-6-15(25)12-16/h4-12,20,27H,1-3H3/b21-19-. The highest BCUT2D eigenvalue weighted by atomic mass is 32.1. The fourth-order valence-electron chi connectivity index (χ4n) is 3.99. The molecule has 1 aromatic heterocycles. The summed E-state index contributed by atoms with van der Waals surface area (Å²) < 4.78 is 19.4. The predicted octanol–water partition coefficient (Wildman–Crippen LogP) is 5.14. The molecule has 2 heterocycles. The highest BCUT2D eigenvalue weighted by Gasteiger charge is 2.47. The average molecular weight is 437 g/mol. The molecule has 0 spiro atoms. The number of hydrogen-bond acceptors (Lipinski definition) is 5. The number of aliphatic hydroxyl groups is 1. The van der Waals surface area contributed by atoms with Gasteiger partial charge in [0.05, 0.1) is 18.2 Å². The van der Waals surface area contributed by atoms with Gasteiger partial charge in [-0.25, -0.2) is 4.39 Å². The molecule has 2 aromatic carbocycles. The fourth-order valence-corrected chi connectivity index (χ4v) is 4.81. The third-order valence-electron chi connectivity index (χ3n) is 5.22. The predicted molar refractivity (Wildman–Crippen MR) is 118 cm³/mol. The number of Topliss-reactive ketones (excluding diaryl/α,β-unsaturated/α-hetero) is 1. The molecule has 1 aliphatic rings. The molecule has 7 heteroatoms. The van der Waals surface area contributed by atoms with E-state index in [-0.39, 0.29) is 17.0 Å². The van der Waals surface area contributed by atoms with Crippen LogP contribution in [0.2, 0.25) is 0 Å². The van der Waals surface area contributed by atoms with Gasteiger partial charge in [-0.05, 0) is 60.7 Å². The van der Waals surface area contributed by atoms with Crippen molar-refractivity contribution in [2.45, 2.75) is 19.9 Å². The second-order valence-electron chi connectivity index (χ2n) is 7.33. The van der Waals surface area contributed by atoms with Crippen LogP contribution in [-0.2, 0) is 9.59 Å². The molecule has 1 atom stereocenters. The van der Waals surface area contributed by atoms with E-state index in [0.717, 1.165) is 11.1 Å². The number of hydrogen-bond donors (Lipinski definition) is 1. The summed E-state index contributed by atoms with van der Waals surface area (Å²) in [6.07, 6.45) is 0. The Morgan fingerprint density at radius 3 is 2.55 bits per heavy atom. The molecule has 4 rings (SSSR count). The monoisotopic (exact) mass is 437 g/mol. The number of carbonyl (C=O) groups is 2. The molecular formula is C24H20FNO4S. The summed E-state index contributed by atoms with van der Waals surface area (Å²) in [6.45, 7) is 3.70. The lowest BCUT2D eigenvalue weighted by Gasteiger charge is -2.24. The van der Waals surface area contributed by atoms with Gasteiger partial charge in [0.15, 0.2) is 0 Å². The first-order valence-corrected chi connectivity index (χ1v) is 10.5. The number of aryl methyl sites for hydroxylation is 2. The zero-order chi connectivity index (χ0) is 22.3. The Hall–Kier alpha value is -3.45. The maximum absolute atomic E-state index is 13.9. The minimum atomic E-state index is -0.882. The number of thiophene rings is 1. The minimum absolute atomic E-state index is 0.0555. The Morgan fingerprint density at radius 2 is 1.90 bits per heavy atom. The van der Waals surface area contributed by atoms with Crippen LogP contribution in [0.5, 0.6) is 5.75 Å². The van der Waals surface area contributed by atoms with Crippen molar-refractivity contribution in [3.63, 3.8) is 0 Å². The molecule has 0 aliphatic carbocycles. The fraction of sp³-hybridized carbons (Fsp3) is 0.167. The Bertz CT molecular complexity index is 1220. The smallest absolute Gasteiger partial charge is 0.300 e. The van der Waals surface area contributed by atoms with Crippen molar-refractivity contribution in [1.82, 2.24) is 0 Å². The topological polar surface area (TPSA) is 66.8 Å². The summed E-state index contributed by atoms with van der Waals surface area (Å²) in [5, 5.41) is 13.1. The number of nitrogens with zero attached hydrogens (tertiary/aromatic N) is 1. The largest absolute Gasteiger partial charge is 0.507 e. The highest BCUT2D eigenvalue weighted by Crippen LogP contribution is 2.45. The summed E-state index contributed by atoms with van der Waals surface area (Å²) in [6, 6.07) is 11.8. The molecule has 5 nitrogen and oxygen atoms in total. The molecule has 1 N–H and O–H groups in total. The van der Waals surface area contributed by atoms with Gasteiger partial charge >= 0.3 is 0 Å². The molecule has 1 fully saturated rings. The van der Waals surface area contributed by atoms with Gasteiger partial charge in [-0.15, -0.1) is 11.3 Å². The summed E-state index contributed by atoms with van der Waals surface area (Å²) in [5.41, 5.74) is 2.17. The summed E-state index contributed by atoms with van der Waals surface area (Å²) in [5.74, 6) is -2.08. The van der Waals surface area contributed by atoms with Gasteiger partial charge in [0.25, 0.3) is 11.7 Å². The highest BCUT2D eigenvalue weighted by molar-refractivity contribution is 7.10. The quantitative estimate of drug-likeness (QED) is 0.349. The van der Waals surface area contributed by atoms with E-state index in [1.165, 1.54) is 41.5 Å². The number of ether oxygens (including phenoxy) is 1. The summed E-state index contributed by atoms with van der Waals surface area (Å²) in [7, 11) is 1.48. The van der Waals surface area contributed by atoms with E-state index >= 15 is 0 Å². The van der Waals surface area contributed by atoms with E-state index in [0.29, 0.717) is 16.2 Å². The zero-order valence-electron chi connectivity index (χ0n) is 17.2. The third-order valence-corrected chi connectivity index (χ3v) is 6.15. The summed E-state index contributed by atoms with van der Waals surface area (Å²) >= 11 is 1.34. The molecule has 0 bridgehead atoms. The molecule has 158 valence electrons. The van der Waals surface area contributed by atoms with Crippen LogP contribution in [0.4, 0.5) is 10.1 Å². The Morgan fingerprint density at radius 1 is 1.13 bits per heavy atom. The van der Waals surface area contributed by atoms with Crippen molar-refractivity contribution in [2.75, 3.05) is 12.0 Å². The first kappa shape index (κ1) is 20.8. The number of ketones is 1. The molecule has 0 saturated carbocycles. The van der Waals surface area contributed by atoms with E-state index in [9.17, 15) is 19.1 Å². The normalized spacial score (nSPS) is 17.9. The van der Waals surface area contributed by atoms with Gasteiger partial charge < -0.3 is 9.84 Å². The van der Waals surface area contributed by atoms with Gasteiger partial charge in [-0.2, -0.15) is 0 Å². The number of benzene rings is 2. The van der Waals surface area contributed by atoms with Crippen LogP contribution in [0.3, 0.4) is 0 Å². The van der Waals surface area contributed by atoms with Crippen LogP contribution in [0.1, 0.15) is 27.6 Å². The molecule has 1 unspecified atom stereocenters. The van der Waals surface area contributed by atoms with Gasteiger partial charge in [0.2, 0.25) is 0 Å². The van der Waals surface area contributed by atoms with E-state index < -0.39 is 23.5 Å². The number of amides is 1. The molecule has 0 radical (unpaired) electrons. The van der Waals surface area contributed by atoms with Crippen molar-refractivity contribution in [1.29, 1.82) is 0 Å². The van der Waals surface area contributed by atoms with Crippen molar-refractivity contribution in [3.05, 3.63) is 86.9 Å². The van der Waals surface area contributed by atoms with E-state index in [1.807, 2.05) is 25.3 Å². The van der Waals surface area contributed by atoms with Crippen molar-refractivity contribution < 1.29 is 23.8 Å². The van der Waals surface area contributed by atoms with Crippen LogP contribution >= 0.6 is 11.3 Å². The maximum atomic E-state index is 13.9. The molecule has 1 saturated heterocycles. The van der Waals surface area contributed by atoms with Gasteiger partial charge in [0, 0.05) is 10.6 Å². The number of anilines is 1. The maximum Gasteiger partial charge on any atom is 0.300 e. The Labute approximate surface area is 183 Å². The number of halogens is 1. The lowest BCUT2D eigenvalue weighted by Crippen LogP contribution is -2.29. The van der Waals surface area contributed by atoms with Crippen LogP contribution in [-0.4, -0.2) is 23.9 Å². The first-order chi connectivity index (χ1) is 14.8. The second-order valence-corrected chi connectivity index (χ2v) is 8.31. The number of aliphatic hydroxyl groups excluding tert-OH is 1. The summed E-state index contributed by atoms with van der Waals surface area (Å²) in [4.78, 5) is 28.1. The van der Waals surface area contributed by atoms with Gasteiger partial charge in [0.1, 0.15) is 23.4 Å². The molecule has 3 aromatic rings. The Kier molecular flexibility index (Phi) is 5.37. The van der Waals surface area contributed by atoms with E-state index in [4.69, 9.17) is 4.74 Å². The lowest BCUT2D eigenvalue weighted by atomic mass is 9.96. The van der Waals surface area contributed by atoms with Crippen molar-refractivity contribution in [2.24, 2.45) is 0 Å². The van der Waals surface area contributed by atoms with Crippen LogP contribution in [0.15, 0.2) is 59.5 Å².